The maximum absolute atomic E-state index is 11.0. The first-order chi connectivity index (χ1) is 7.17. The van der Waals surface area contributed by atoms with Crippen molar-refractivity contribution in [2.75, 3.05) is 19.0 Å². The Balaban J connectivity index is 2.98. The van der Waals surface area contributed by atoms with Gasteiger partial charge in [-0.3, -0.25) is 4.79 Å². The van der Waals surface area contributed by atoms with E-state index < -0.39 is 0 Å². The summed E-state index contributed by atoms with van der Waals surface area (Å²) in [7, 11) is 1.59. The van der Waals surface area contributed by atoms with Crippen LogP contribution in [0.1, 0.15) is 12.5 Å². The Morgan fingerprint density at radius 1 is 1.53 bits per heavy atom. The molecule has 0 aliphatic heterocycles. The second-order valence-corrected chi connectivity index (χ2v) is 3.24. The first kappa shape index (κ1) is 11.5. The maximum atomic E-state index is 11.0. The monoisotopic (exact) mass is 208 g/mol. The third-order valence-electron chi connectivity index (χ3n) is 2.04. The van der Waals surface area contributed by atoms with Crippen molar-refractivity contribution in [3.8, 4) is 5.75 Å². The van der Waals surface area contributed by atoms with E-state index in [2.05, 4.69) is 5.32 Å². The number of nitrogens with one attached hydrogen (secondary N) is 1. The Hall–Kier alpha value is -1.55. The number of anilines is 1. The van der Waals surface area contributed by atoms with E-state index in [-0.39, 0.29) is 5.91 Å². The minimum absolute atomic E-state index is 0.0958. The minimum atomic E-state index is -0.0958. The van der Waals surface area contributed by atoms with Gasteiger partial charge < -0.3 is 15.8 Å². The molecule has 0 saturated heterocycles. The molecule has 0 fully saturated rings. The topological polar surface area (TPSA) is 64.3 Å². The molecule has 15 heavy (non-hydrogen) atoms. The van der Waals surface area contributed by atoms with Crippen molar-refractivity contribution in [3.05, 3.63) is 23.8 Å². The highest BCUT2D eigenvalue weighted by Gasteiger charge is 2.05. The molecule has 0 heterocycles. The summed E-state index contributed by atoms with van der Waals surface area (Å²) in [5, 5.41) is 2.76. The van der Waals surface area contributed by atoms with Crippen LogP contribution in [0, 0.1) is 0 Å². The number of hydrogen-bond acceptors (Lipinski definition) is 3. The molecule has 0 atom stereocenters. The fraction of sp³-hybridized carbons (Fsp3) is 0.364. The molecule has 4 heteroatoms. The first-order valence-corrected chi connectivity index (χ1v) is 4.82. The van der Waals surface area contributed by atoms with Gasteiger partial charge in [0.1, 0.15) is 5.75 Å². The number of hydrogen-bond donors (Lipinski definition) is 2. The van der Waals surface area contributed by atoms with E-state index in [1.165, 1.54) is 6.92 Å². The van der Waals surface area contributed by atoms with E-state index >= 15 is 0 Å². The third kappa shape index (κ3) is 3.25. The highest BCUT2D eigenvalue weighted by atomic mass is 16.5. The summed E-state index contributed by atoms with van der Waals surface area (Å²) >= 11 is 0. The number of carbonyl (C=O) groups excluding carboxylic acids is 1. The van der Waals surface area contributed by atoms with Crippen LogP contribution in [0.15, 0.2) is 18.2 Å². The van der Waals surface area contributed by atoms with Crippen molar-refractivity contribution in [1.82, 2.24) is 0 Å². The van der Waals surface area contributed by atoms with Crippen molar-refractivity contribution in [2.45, 2.75) is 13.3 Å². The van der Waals surface area contributed by atoms with Gasteiger partial charge in [0, 0.05) is 18.7 Å². The predicted molar refractivity (Wildman–Crippen MR) is 60.1 cm³/mol. The molecule has 3 N–H and O–H groups in total. The number of carbonyl (C=O) groups is 1. The van der Waals surface area contributed by atoms with Crippen LogP contribution < -0.4 is 15.8 Å². The minimum Gasteiger partial charge on any atom is -0.497 e. The molecule has 82 valence electrons. The normalized spacial score (nSPS) is 9.80. The van der Waals surface area contributed by atoms with Crippen molar-refractivity contribution in [3.63, 3.8) is 0 Å². The number of nitrogens with two attached hydrogens (primary N) is 1. The van der Waals surface area contributed by atoms with Crippen LogP contribution in [-0.2, 0) is 11.2 Å². The number of methoxy groups -OCH3 is 1. The third-order valence-corrected chi connectivity index (χ3v) is 2.04. The van der Waals surface area contributed by atoms with Gasteiger partial charge in [-0.25, -0.2) is 0 Å². The number of amides is 1. The summed E-state index contributed by atoms with van der Waals surface area (Å²) in [6, 6.07) is 5.57. The Morgan fingerprint density at radius 2 is 2.27 bits per heavy atom. The quantitative estimate of drug-likeness (QED) is 0.780. The van der Waals surface area contributed by atoms with Crippen LogP contribution in [0.25, 0.3) is 0 Å². The smallest absolute Gasteiger partial charge is 0.221 e. The highest BCUT2D eigenvalue weighted by molar-refractivity contribution is 5.89. The summed E-state index contributed by atoms with van der Waals surface area (Å²) in [5.74, 6) is 0.626. The van der Waals surface area contributed by atoms with Gasteiger partial charge in [0.15, 0.2) is 0 Å². The standard InChI is InChI=1S/C11H16N2O2/c1-8(14)13-11-7-10(15-2)4-3-9(11)5-6-12/h3-4,7H,5-6,12H2,1-2H3,(H,13,14). The molecular formula is C11H16N2O2. The van der Waals surface area contributed by atoms with E-state index in [0.717, 1.165) is 23.4 Å². The van der Waals surface area contributed by atoms with Crippen LogP contribution in [0.3, 0.4) is 0 Å². The second-order valence-electron chi connectivity index (χ2n) is 3.24. The molecule has 4 nitrogen and oxygen atoms in total. The van der Waals surface area contributed by atoms with Gasteiger partial charge in [0.2, 0.25) is 5.91 Å². The molecule has 0 aliphatic rings. The summed E-state index contributed by atoms with van der Waals surface area (Å²) < 4.78 is 5.09. The zero-order valence-electron chi connectivity index (χ0n) is 9.04. The SMILES string of the molecule is COc1ccc(CCN)c(NC(C)=O)c1. The van der Waals surface area contributed by atoms with Crippen molar-refractivity contribution in [2.24, 2.45) is 5.73 Å². The van der Waals surface area contributed by atoms with E-state index in [9.17, 15) is 4.79 Å². The lowest BCUT2D eigenvalue weighted by Crippen LogP contribution is -2.11. The van der Waals surface area contributed by atoms with Gasteiger partial charge in [-0.15, -0.1) is 0 Å². The zero-order valence-corrected chi connectivity index (χ0v) is 9.04. The Morgan fingerprint density at radius 3 is 2.80 bits per heavy atom. The second kappa shape index (κ2) is 5.36. The molecule has 0 saturated carbocycles. The lowest BCUT2D eigenvalue weighted by molar-refractivity contribution is -0.114. The molecule has 1 aromatic rings. The van der Waals surface area contributed by atoms with E-state index in [4.69, 9.17) is 10.5 Å². The van der Waals surface area contributed by atoms with Crippen LogP contribution in [0.5, 0.6) is 5.75 Å². The first-order valence-electron chi connectivity index (χ1n) is 4.82. The average molecular weight is 208 g/mol. The Bertz CT molecular complexity index is 350. The average Bonchev–Trinajstić information content (AvgIpc) is 2.20. The van der Waals surface area contributed by atoms with Gasteiger partial charge in [-0.2, -0.15) is 0 Å². The van der Waals surface area contributed by atoms with Gasteiger partial charge in [-0.1, -0.05) is 6.07 Å². The van der Waals surface area contributed by atoms with Crippen LogP contribution in [0.2, 0.25) is 0 Å². The largest absolute Gasteiger partial charge is 0.497 e. The molecule has 1 amide bonds. The molecule has 0 aromatic heterocycles. The van der Waals surface area contributed by atoms with Crippen molar-refractivity contribution >= 4 is 11.6 Å². The van der Waals surface area contributed by atoms with Crippen LogP contribution in [-0.4, -0.2) is 19.6 Å². The van der Waals surface area contributed by atoms with Crippen molar-refractivity contribution in [1.29, 1.82) is 0 Å². The number of rotatable bonds is 4. The van der Waals surface area contributed by atoms with E-state index in [1.807, 2.05) is 12.1 Å². The van der Waals surface area contributed by atoms with E-state index in [0.29, 0.717) is 6.54 Å². The summed E-state index contributed by atoms with van der Waals surface area (Å²) in [5.41, 5.74) is 7.28. The molecule has 0 aliphatic carbocycles. The Kier molecular flexibility index (Phi) is 4.12. The fourth-order valence-corrected chi connectivity index (χ4v) is 1.36. The zero-order chi connectivity index (χ0) is 11.3. The summed E-state index contributed by atoms with van der Waals surface area (Å²) in [6.07, 6.45) is 0.736. The number of ether oxygens (including phenoxy) is 1. The molecule has 1 rings (SSSR count). The van der Waals surface area contributed by atoms with Gasteiger partial charge in [0.25, 0.3) is 0 Å². The lowest BCUT2D eigenvalue weighted by atomic mass is 10.1. The summed E-state index contributed by atoms with van der Waals surface area (Å²) in [6.45, 7) is 2.03. The lowest BCUT2D eigenvalue weighted by Gasteiger charge is -2.10. The Labute approximate surface area is 89.4 Å². The highest BCUT2D eigenvalue weighted by Crippen LogP contribution is 2.22. The van der Waals surface area contributed by atoms with Gasteiger partial charge in [-0.05, 0) is 24.6 Å². The van der Waals surface area contributed by atoms with Gasteiger partial charge >= 0.3 is 0 Å². The van der Waals surface area contributed by atoms with Crippen LogP contribution in [0.4, 0.5) is 5.69 Å². The molecule has 1 aromatic carbocycles. The van der Waals surface area contributed by atoms with Gasteiger partial charge in [0.05, 0.1) is 7.11 Å². The fourth-order valence-electron chi connectivity index (χ4n) is 1.36. The molecule has 0 bridgehead atoms. The number of benzene rings is 1. The molecule has 0 spiro atoms. The predicted octanol–water partition coefficient (Wildman–Crippen LogP) is 1.15. The molecule has 0 radical (unpaired) electrons. The van der Waals surface area contributed by atoms with Crippen molar-refractivity contribution < 1.29 is 9.53 Å². The molecule has 0 unspecified atom stereocenters. The molecular weight excluding hydrogens is 192 g/mol. The maximum Gasteiger partial charge on any atom is 0.221 e. The van der Waals surface area contributed by atoms with Crippen LogP contribution >= 0.6 is 0 Å². The summed E-state index contributed by atoms with van der Waals surface area (Å²) in [4.78, 5) is 11.0. The van der Waals surface area contributed by atoms with E-state index in [1.54, 1.807) is 13.2 Å².